The summed E-state index contributed by atoms with van der Waals surface area (Å²) in [5.41, 5.74) is 0.636. The molecule has 1 aromatic carbocycles. The molecule has 18 heavy (non-hydrogen) atoms. The van der Waals surface area contributed by atoms with E-state index in [4.69, 9.17) is 35.4 Å². The minimum absolute atomic E-state index is 0.140. The van der Waals surface area contributed by atoms with Gasteiger partial charge in [-0.05, 0) is 23.8 Å². The van der Waals surface area contributed by atoms with Gasteiger partial charge < -0.3 is 5.11 Å². The standard InChI is InChI=1S/C11H7Cl2NO2S2/c1-14-10(16)8(18-11(14)17)4-5-2-6(12)9(15)7(13)3-5/h2-4,15H,1H3/b8-4-. The highest BCUT2D eigenvalue weighted by Gasteiger charge is 2.28. The number of rotatable bonds is 1. The van der Waals surface area contributed by atoms with Crippen LogP contribution in [-0.4, -0.2) is 27.3 Å². The maximum Gasteiger partial charge on any atom is 0.265 e. The fraction of sp³-hybridized carbons (Fsp3) is 0.0909. The van der Waals surface area contributed by atoms with E-state index in [-0.39, 0.29) is 21.7 Å². The molecule has 94 valence electrons. The second-order valence-electron chi connectivity index (χ2n) is 3.57. The normalized spacial score (nSPS) is 17.9. The second-order valence-corrected chi connectivity index (χ2v) is 6.06. The quantitative estimate of drug-likeness (QED) is 0.635. The molecule has 0 radical (unpaired) electrons. The number of aromatic hydroxyl groups is 1. The molecule has 0 spiro atoms. The molecule has 0 aliphatic carbocycles. The van der Waals surface area contributed by atoms with Gasteiger partial charge >= 0.3 is 0 Å². The summed E-state index contributed by atoms with van der Waals surface area (Å²) in [6.07, 6.45) is 1.64. The number of nitrogens with zero attached hydrogens (tertiary/aromatic N) is 1. The lowest BCUT2D eigenvalue weighted by atomic mass is 10.2. The molecule has 0 atom stereocenters. The lowest BCUT2D eigenvalue weighted by Gasteiger charge is -2.04. The van der Waals surface area contributed by atoms with Crippen LogP contribution in [0.4, 0.5) is 0 Å². The van der Waals surface area contributed by atoms with E-state index in [1.165, 1.54) is 28.8 Å². The molecule has 0 aromatic heterocycles. The van der Waals surface area contributed by atoms with Crippen molar-refractivity contribution in [2.75, 3.05) is 7.05 Å². The van der Waals surface area contributed by atoms with Crippen molar-refractivity contribution in [2.45, 2.75) is 0 Å². The zero-order chi connectivity index (χ0) is 13.4. The molecule has 1 saturated heterocycles. The van der Waals surface area contributed by atoms with Gasteiger partial charge in [0.15, 0.2) is 5.75 Å². The predicted molar refractivity (Wildman–Crippen MR) is 79.1 cm³/mol. The van der Waals surface area contributed by atoms with Crippen LogP contribution in [0.5, 0.6) is 5.75 Å². The van der Waals surface area contributed by atoms with Crippen LogP contribution in [-0.2, 0) is 4.79 Å². The minimum atomic E-state index is -0.168. The maximum atomic E-state index is 11.8. The molecule has 1 heterocycles. The van der Waals surface area contributed by atoms with Gasteiger partial charge in [-0.25, -0.2) is 0 Å². The number of phenols is 1. The van der Waals surface area contributed by atoms with Crippen molar-refractivity contribution in [3.05, 3.63) is 32.6 Å². The molecule has 2 rings (SSSR count). The highest BCUT2D eigenvalue weighted by molar-refractivity contribution is 8.26. The van der Waals surface area contributed by atoms with Crippen molar-refractivity contribution in [3.8, 4) is 5.75 Å². The van der Waals surface area contributed by atoms with Gasteiger partial charge in [-0.2, -0.15) is 0 Å². The van der Waals surface area contributed by atoms with Crippen LogP contribution in [0.15, 0.2) is 17.0 Å². The topological polar surface area (TPSA) is 40.5 Å². The highest BCUT2D eigenvalue weighted by atomic mass is 35.5. The van der Waals surface area contributed by atoms with E-state index in [1.807, 2.05) is 0 Å². The Morgan fingerprint density at radius 1 is 1.39 bits per heavy atom. The van der Waals surface area contributed by atoms with Gasteiger partial charge in [0.25, 0.3) is 5.91 Å². The number of hydrogen-bond donors (Lipinski definition) is 1. The zero-order valence-corrected chi connectivity index (χ0v) is 12.3. The number of carbonyl (C=O) groups excluding carboxylic acids is 1. The Kier molecular flexibility index (Phi) is 3.87. The van der Waals surface area contributed by atoms with E-state index in [0.717, 1.165) is 0 Å². The van der Waals surface area contributed by atoms with E-state index in [9.17, 15) is 9.90 Å². The molecular weight excluding hydrogens is 313 g/mol. The summed E-state index contributed by atoms with van der Waals surface area (Å²) in [6.45, 7) is 0. The first kappa shape index (κ1) is 13.7. The summed E-state index contributed by atoms with van der Waals surface area (Å²) in [4.78, 5) is 13.7. The van der Waals surface area contributed by atoms with Crippen LogP contribution in [0.1, 0.15) is 5.56 Å². The summed E-state index contributed by atoms with van der Waals surface area (Å²) in [6, 6.07) is 3.07. The molecule has 1 amide bonds. The molecule has 0 bridgehead atoms. The first-order valence-electron chi connectivity index (χ1n) is 4.79. The number of thioether (sulfide) groups is 1. The minimum Gasteiger partial charge on any atom is -0.505 e. The van der Waals surface area contributed by atoms with Crippen LogP contribution in [0.2, 0.25) is 10.0 Å². The third-order valence-electron chi connectivity index (χ3n) is 2.32. The van der Waals surface area contributed by atoms with E-state index in [2.05, 4.69) is 0 Å². The van der Waals surface area contributed by atoms with Crippen molar-refractivity contribution in [1.29, 1.82) is 0 Å². The van der Waals surface area contributed by atoms with Gasteiger partial charge in [-0.15, -0.1) is 0 Å². The van der Waals surface area contributed by atoms with Gasteiger partial charge in [0.2, 0.25) is 0 Å². The number of amides is 1. The van der Waals surface area contributed by atoms with Gasteiger partial charge in [0.1, 0.15) is 4.32 Å². The Morgan fingerprint density at radius 2 is 1.94 bits per heavy atom. The van der Waals surface area contributed by atoms with Crippen molar-refractivity contribution in [2.24, 2.45) is 0 Å². The predicted octanol–water partition coefficient (Wildman–Crippen LogP) is 3.53. The summed E-state index contributed by atoms with van der Waals surface area (Å²) < 4.78 is 0.502. The summed E-state index contributed by atoms with van der Waals surface area (Å²) in [7, 11) is 1.62. The number of thiocarbonyl (C=S) groups is 1. The fourth-order valence-electron chi connectivity index (χ4n) is 1.37. The average molecular weight is 320 g/mol. The largest absolute Gasteiger partial charge is 0.505 e. The molecule has 0 saturated carbocycles. The van der Waals surface area contributed by atoms with Crippen LogP contribution < -0.4 is 0 Å². The molecule has 1 fully saturated rings. The number of halogens is 2. The SMILES string of the molecule is CN1C(=O)/C(=C/c2cc(Cl)c(O)c(Cl)c2)SC1=S. The first-order valence-corrected chi connectivity index (χ1v) is 6.78. The number of phenolic OH excluding ortho intramolecular Hbond substituents is 1. The van der Waals surface area contributed by atoms with Crippen LogP contribution in [0.25, 0.3) is 6.08 Å². The number of hydrogen-bond acceptors (Lipinski definition) is 4. The monoisotopic (exact) mass is 319 g/mol. The smallest absolute Gasteiger partial charge is 0.265 e. The molecular formula is C11H7Cl2NO2S2. The second kappa shape index (κ2) is 5.09. The Bertz CT molecular complexity index is 563. The Balaban J connectivity index is 2.40. The number of carbonyl (C=O) groups is 1. The van der Waals surface area contributed by atoms with Gasteiger partial charge in [-0.1, -0.05) is 47.2 Å². The van der Waals surface area contributed by atoms with Crippen LogP contribution >= 0.6 is 47.2 Å². The molecule has 1 aliphatic rings. The Hall–Kier alpha value is -0.750. The van der Waals surface area contributed by atoms with Crippen molar-refractivity contribution < 1.29 is 9.90 Å². The highest BCUT2D eigenvalue weighted by Crippen LogP contribution is 2.36. The average Bonchev–Trinajstić information content (AvgIpc) is 2.54. The molecule has 1 aromatic rings. The molecule has 1 aliphatic heterocycles. The number of likely N-dealkylation sites (N-methyl/N-ethyl adjacent to an activating group) is 1. The van der Waals surface area contributed by atoms with Gasteiger partial charge in [0, 0.05) is 7.05 Å². The van der Waals surface area contributed by atoms with Crippen molar-refractivity contribution in [1.82, 2.24) is 4.90 Å². The van der Waals surface area contributed by atoms with E-state index < -0.39 is 0 Å². The van der Waals surface area contributed by atoms with E-state index in [0.29, 0.717) is 14.8 Å². The Morgan fingerprint density at radius 3 is 2.39 bits per heavy atom. The third-order valence-corrected chi connectivity index (χ3v) is 4.38. The lowest BCUT2D eigenvalue weighted by molar-refractivity contribution is -0.121. The van der Waals surface area contributed by atoms with Gasteiger partial charge in [0.05, 0.1) is 15.0 Å². The zero-order valence-electron chi connectivity index (χ0n) is 9.11. The summed E-state index contributed by atoms with van der Waals surface area (Å²) in [5.74, 6) is -0.330. The first-order chi connectivity index (χ1) is 8.40. The lowest BCUT2D eigenvalue weighted by Crippen LogP contribution is -2.22. The maximum absolute atomic E-state index is 11.8. The number of benzene rings is 1. The van der Waals surface area contributed by atoms with Crippen molar-refractivity contribution >= 4 is 63.5 Å². The molecule has 3 nitrogen and oxygen atoms in total. The van der Waals surface area contributed by atoms with Crippen molar-refractivity contribution in [3.63, 3.8) is 0 Å². The summed E-state index contributed by atoms with van der Waals surface area (Å²) >= 11 is 17.8. The Labute approximate surface area is 123 Å². The van der Waals surface area contributed by atoms with E-state index in [1.54, 1.807) is 13.1 Å². The molecule has 0 unspecified atom stereocenters. The molecule has 1 N–H and O–H groups in total. The third kappa shape index (κ3) is 2.49. The van der Waals surface area contributed by atoms with Gasteiger partial charge in [-0.3, -0.25) is 9.69 Å². The summed E-state index contributed by atoms with van der Waals surface area (Å²) in [5, 5.41) is 9.72. The van der Waals surface area contributed by atoms with Crippen LogP contribution in [0, 0.1) is 0 Å². The van der Waals surface area contributed by atoms with Crippen LogP contribution in [0.3, 0.4) is 0 Å². The van der Waals surface area contributed by atoms with E-state index >= 15 is 0 Å². The fourth-order valence-corrected chi connectivity index (χ4v) is 3.05. The molecule has 7 heteroatoms.